The Labute approximate surface area is 91.1 Å². The molecule has 1 nitrogen and oxygen atoms in total. The first-order valence-corrected chi connectivity index (χ1v) is 9.00. The molecule has 0 aromatic rings. The molecular formula is C10H19BrOSi. The highest BCUT2D eigenvalue weighted by molar-refractivity contribution is 9.09. The van der Waals surface area contributed by atoms with Crippen LogP contribution in [-0.4, -0.2) is 24.1 Å². The Morgan fingerprint density at radius 3 is 2.00 bits per heavy atom. The average Bonchev–Trinajstić information content (AvgIpc) is 1.97. The normalized spacial score (nSPS) is 16.3. The van der Waals surface area contributed by atoms with E-state index in [0.29, 0.717) is 0 Å². The maximum absolute atomic E-state index is 9.66. The number of hydrogen-bond acceptors (Lipinski definition) is 1. The van der Waals surface area contributed by atoms with Gasteiger partial charge in [0, 0.05) is 0 Å². The van der Waals surface area contributed by atoms with E-state index in [4.69, 9.17) is 0 Å². The van der Waals surface area contributed by atoms with Gasteiger partial charge in [-0.25, -0.2) is 0 Å². The van der Waals surface area contributed by atoms with Crippen molar-refractivity contribution in [2.75, 3.05) is 0 Å². The second kappa shape index (κ2) is 5.19. The number of aliphatic hydroxyl groups excluding tert-OH is 1. The molecule has 1 N–H and O–H groups in total. The van der Waals surface area contributed by atoms with Crippen molar-refractivity contribution in [2.24, 2.45) is 5.92 Å². The molecule has 76 valence electrons. The lowest BCUT2D eigenvalue weighted by Gasteiger charge is -2.16. The standard InChI is InChI=1S/C10H19BrOSi/c1-8(2)10(12)9(11)6-7-13(3,4)5/h8-10,12H,1-5H3/t9-,10+/m1/s1. The smallest absolute Gasteiger partial charge is 0.129 e. The van der Waals surface area contributed by atoms with Crippen molar-refractivity contribution in [1.29, 1.82) is 0 Å². The lowest BCUT2D eigenvalue weighted by atomic mass is 10.1. The fourth-order valence-corrected chi connectivity index (χ4v) is 2.23. The molecule has 0 aromatic carbocycles. The highest BCUT2D eigenvalue weighted by Gasteiger charge is 2.17. The largest absolute Gasteiger partial charge is 0.391 e. The van der Waals surface area contributed by atoms with Gasteiger partial charge in [0.05, 0.1) is 6.10 Å². The molecule has 0 spiro atoms. The molecule has 0 fully saturated rings. The summed E-state index contributed by atoms with van der Waals surface area (Å²) in [6.45, 7) is 10.6. The minimum Gasteiger partial charge on any atom is -0.391 e. The molecule has 0 unspecified atom stereocenters. The molecule has 0 saturated carbocycles. The Kier molecular flexibility index (Phi) is 5.27. The van der Waals surface area contributed by atoms with Crippen LogP contribution < -0.4 is 0 Å². The fourth-order valence-electron chi connectivity index (χ4n) is 0.709. The summed E-state index contributed by atoms with van der Waals surface area (Å²) in [6, 6.07) is 0. The van der Waals surface area contributed by atoms with Crippen LogP contribution in [0.3, 0.4) is 0 Å². The van der Waals surface area contributed by atoms with E-state index in [1.807, 2.05) is 13.8 Å². The first kappa shape index (κ1) is 13.2. The molecular weight excluding hydrogens is 244 g/mol. The third-order valence-electron chi connectivity index (χ3n) is 1.57. The summed E-state index contributed by atoms with van der Waals surface area (Å²) in [4.78, 5) is -0.0841. The van der Waals surface area contributed by atoms with Gasteiger partial charge in [0.2, 0.25) is 0 Å². The highest BCUT2D eigenvalue weighted by Crippen LogP contribution is 2.13. The molecule has 0 aromatic heterocycles. The molecule has 2 atom stereocenters. The maximum atomic E-state index is 9.66. The average molecular weight is 263 g/mol. The van der Waals surface area contributed by atoms with Crippen molar-refractivity contribution in [3.63, 3.8) is 0 Å². The Morgan fingerprint density at radius 1 is 1.23 bits per heavy atom. The summed E-state index contributed by atoms with van der Waals surface area (Å²) in [7, 11) is -1.30. The number of rotatable bonds is 2. The van der Waals surface area contributed by atoms with E-state index < -0.39 is 8.07 Å². The van der Waals surface area contributed by atoms with Gasteiger partial charge < -0.3 is 5.11 Å². The van der Waals surface area contributed by atoms with Crippen LogP contribution in [0.5, 0.6) is 0 Å². The third-order valence-corrected chi connectivity index (χ3v) is 3.23. The molecule has 0 heterocycles. The van der Waals surface area contributed by atoms with Crippen molar-refractivity contribution >= 4 is 24.0 Å². The van der Waals surface area contributed by atoms with Gasteiger partial charge in [0.1, 0.15) is 12.9 Å². The number of hydrogen-bond donors (Lipinski definition) is 1. The molecule has 0 aliphatic rings. The zero-order chi connectivity index (χ0) is 10.6. The van der Waals surface area contributed by atoms with E-state index >= 15 is 0 Å². The first-order chi connectivity index (χ1) is 5.74. The Morgan fingerprint density at radius 2 is 1.69 bits per heavy atom. The van der Waals surface area contributed by atoms with Gasteiger partial charge in [0.25, 0.3) is 0 Å². The minimum absolute atomic E-state index is 0.0841. The van der Waals surface area contributed by atoms with Gasteiger partial charge in [0.15, 0.2) is 0 Å². The summed E-state index contributed by atoms with van der Waals surface area (Å²) >= 11 is 3.40. The van der Waals surface area contributed by atoms with Crippen LogP contribution in [0, 0.1) is 17.4 Å². The number of aliphatic hydroxyl groups is 1. The summed E-state index contributed by atoms with van der Waals surface area (Å²) < 4.78 is 0. The predicted molar refractivity (Wildman–Crippen MR) is 64.7 cm³/mol. The Balaban J connectivity index is 4.27. The van der Waals surface area contributed by atoms with Gasteiger partial charge in [-0.1, -0.05) is 55.3 Å². The topological polar surface area (TPSA) is 20.2 Å². The van der Waals surface area contributed by atoms with E-state index in [1.165, 1.54) is 0 Å². The van der Waals surface area contributed by atoms with E-state index in [2.05, 4.69) is 47.0 Å². The quantitative estimate of drug-likeness (QED) is 0.461. The molecule has 0 aliphatic carbocycles. The summed E-state index contributed by atoms with van der Waals surface area (Å²) in [5, 5.41) is 9.66. The van der Waals surface area contributed by atoms with E-state index in [9.17, 15) is 5.11 Å². The fraction of sp³-hybridized carbons (Fsp3) is 0.800. The van der Waals surface area contributed by atoms with Crippen molar-refractivity contribution < 1.29 is 5.11 Å². The Hall–Kier alpha value is 0.217. The van der Waals surface area contributed by atoms with Crippen molar-refractivity contribution in [1.82, 2.24) is 0 Å². The molecule has 0 bridgehead atoms. The SMILES string of the molecule is CC(C)[C@H](O)[C@H](Br)C#C[Si](C)(C)C. The van der Waals surface area contributed by atoms with Gasteiger partial charge in [-0.3, -0.25) is 0 Å². The van der Waals surface area contributed by atoms with E-state index in [1.54, 1.807) is 0 Å². The van der Waals surface area contributed by atoms with Crippen LogP contribution in [0.2, 0.25) is 19.6 Å². The molecule has 0 rings (SSSR count). The first-order valence-electron chi connectivity index (χ1n) is 4.59. The zero-order valence-electron chi connectivity index (χ0n) is 9.06. The molecule has 0 saturated heterocycles. The van der Waals surface area contributed by atoms with Gasteiger partial charge in [-0.15, -0.1) is 5.54 Å². The molecule has 13 heavy (non-hydrogen) atoms. The molecule has 3 heteroatoms. The van der Waals surface area contributed by atoms with Gasteiger partial charge >= 0.3 is 0 Å². The number of alkyl halides is 1. The van der Waals surface area contributed by atoms with Crippen LogP contribution in [0.1, 0.15) is 13.8 Å². The Bertz CT molecular complexity index is 209. The van der Waals surface area contributed by atoms with E-state index in [-0.39, 0.29) is 16.8 Å². The summed E-state index contributed by atoms with van der Waals surface area (Å²) in [6.07, 6.45) is -0.371. The van der Waals surface area contributed by atoms with Crippen LogP contribution in [0.4, 0.5) is 0 Å². The van der Waals surface area contributed by atoms with Crippen LogP contribution in [0.25, 0.3) is 0 Å². The van der Waals surface area contributed by atoms with Crippen molar-refractivity contribution in [3.8, 4) is 11.5 Å². The van der Waals surface area contributed by atoms with Gasteiger partial charge in [-0.2, -0.15) is 0 Å². The lowest BCUT2D eigenvalue weighted by molar-refractivity contribution is 0.137. The van der Waals surface area contributed by atoms with Crippen LogP contribution in [-0.2, 0) is 0 Å². The minimum atomic E-state index is -1.30. The second-order valence-electron chi connectivity index (χ2n) is 4.66. The lowest BCUT2D eigenvalue weighted by Crippen LogP contribution is -2.26. The summed E-state index contributed by atoms with van der Waals surface area (Å²) in [5.74, 6) is 3.33. The molecule has 0 amide bonds. The number of halogens is 1. The second-order valence-corrected chi connectivity index (χ2v) is 10.4. The molecule has 0 aliphatic heterocycles. The third kappa shape index (κ3) is 6.31. The highest BCUT2D eigenvalue weighted by atomic mass is 79.9. The van der Waals surface area contributed by atoms with Crippen LogP contribution in [0.15, 0.2) is 0 Å². The van der Waals surface area contributed by atoms with Crippen molar-refractivity contribution in [2.45, 2.75) is 44.4 Å². The van der Waals surface area contributed by atoms with Crippen molar-refractivity contribution in [3.05, 3.63) is 0 Å². The predicted octanol–water partition coefficient (Wildman–Crippen LogP) is 2.65. The zero-order valence-corrected chi connectivity index (χ0v) is 11.6. The summed E-state index contributed by atoms with van der Waals surface area (Å²) in [5.41, 5.74) is 3.24. The maximum Gasteiger partial charge on any atom is 0.129 e. The van der Waals surface area contributed by atoms with Crippen LogP contribution >= 0.6 is 15.9 Å². The monoisotopic (exact) mass is 262 g/mol. The van der Waals surface area contributed by atoms with E-state index in [0.717, 1.165) is 0 Å². The van der Waals surface area contributed by atoms with Gasteiger partial charge in [-0.05, 0) is 5.92 Å². The molecule has 0 radical (unpaired) electrons.